The first-order chi connectivity index (χ1) is 16.5. The van der Waals surface area contributed by atoms with E-state index in [9.17, 15) is 14.7 Å². The van der Waals surface area contributed by atoms with Crippen molar-refractivity contribution in [3.63, 3.8) is 0 Å². The second-order valence-corrected chi connectivity index (χ2v) is 8.74. The number of imidazole rings is 1. The lowest BCUT2D eigenvalue weighted by Crippen LogP contribution is -2.31. The zero-order valence-electron chi connectivity index (χ0n) is 18.4. The van der Waals surface area contributed by atoms with Gasteiger partial charge in [-0.3, -0.25) is 9.59 Å². The summed E-state index contributed by atoms with van der Waals surface area (Å²) in [4.78, 5) is 31.7. The average Bonchev–Trinajstić information content (AvgIpc) is 3.45. The molecule has 0 aliphatic carbocycles. The Balaban J connectivity index is 1.70. The highest BCUT2D eigenvalue weighted by Gasteiger charge is 2.45. The molecule has 1 unspecified atom stereocenters. The van der Waals surface area contributed by atoms with Gasteiger partial charge in [-0.25, -0.2) is 4.98 Å². The number of ether oxygens (including phenoxy) is 1. The smallest absolute Gasteiger partial charge is 0.295 e. The van der Waals surface area contributed by atoms with Gasteiger partial charge in [0, 0.05) is 35.5 Å². The molecule has 174 valence electrons. The third-order valence-electron chi connectivity index (χ3n) is 5.60. The maximum atomic E-state index is 13.1. The van der Waals surface area contributed by atoms with Gasteiger partial charge in [0.15, 0.2) is 0 Å². The molecular weight excluding hydrogens is 498 g/mol. The maximum Gasteiger partial charge on any atom is 0.295 e. The second kappa shape index (κ2) is 10.5. The van der Waals surface area contributed by atoms with Crippen molar-refractivity contribution in [2.75, 3.05) is 13.2 Å². The first kappa shape index (κ1) is 23.5. The van der Waals surface area contributed by atoms with E-state index in [0.29, 0.717) is 43.0 Å². The normalized spacial score (nSPS) is 17.2. The van der Waals surface area contributed by atoms with Crippen molar-refractivity contribution >= 4 is 33.4 Å². The summed E-state index contributed by atoms with van der Waals surface area (Å²) in [6.07, 6.45) is 7.53. The van der Waals surface area contributed by atoms with Crippen LogP contribution in [0.25, 0.3) is 5.76 Å². The van der Waals surface area contributed by atoms with Gasteiger partial charge in [-0.15, -0.1) is 0 Å². The largest absolute Gasteiger partial charge is 0.507 e. The number of likely N-dealkylation sites (tertiary alicyclic amines) is 1. The highest BCUT2D eigenvalue weighted by atomic mass is 79.9. The van der Waals surface area contributed by atoms with Gasteiger partial charge in [0.2, 0.25) is 0 Å². The minimum Gasteiger partial charge on any atom is -0.507 e. The molecule has 0 radical (unpaired) electrons. The molecule has 1 N–H and O–H groups in total. The SMILES string of the molecule is C=CCOc1ccc(C2C(=C(O)c3ccc(Br)cc3)C(=O)C(=O)N2CCCn2ccnc2)cc1. The van der Waals surface area contributed by atoms with Crippen molar-refractivity contribution in [1.29, 1.82) is 0 Å². The predicted octanol–water partition coefficient (Wildman–Crippen LogP) is 4.72. The Morgan fingerprint density at radius 1 is 1.12 bits per heavy atom. The zero-order valence-corrected chi connectivity index (χ0v) is 20.0. The molecule has 0 spiro atoms. The number of aliphatic hydroxyl groups is 1. The van der Waals surface area contributed by atoms with E-state index in [4.69, 9.17) is 4.74 Å². The standard InChI is InChI=1S/C26H24BrN3O4/c1-2-16-34-21-10-6-18(7-11-21)23-22(24(31)19-4-8-20(27)9-5-19)25(32)26(33)30(23)14-3-13-29-15-12-28-17-29/h2,4-12,15,17,23,31H,1,3,13-14,16H2. The summed E-state index contributed by atoms with van der Waals surface area (Å²) in [6, 6.07) is 13.4. The summed E-state index contributed by atoms with van der Waals surface area (Å²) in [6.45, 7) is 5.01. The van der Waals surface area contributed by atoms with Crippen LogP contribution in [0.4, 0.5) is 0 Å². The summed E-state index contributed by atoms with van der Waals surface area (Å²) in [5.74, 6) is -0.866. The molecule has 2 heterocycles. The Kier molecular flexibility index (Phi) is 7.27. The number of aryl methyl sites for hydroxylation is 1. The van der Waals surface area contributed by atoms with E-state index in [-0.39, 0.29) is 11.3 Å². The van der Waals surface area contributed by atoms with Crippen LogP contribution in [0.1, 0.15) is 23.6 Å². The lowest BCUT2D eigenvalue weighted by atomic mass is 9.95. The van der Waals surface area contributed by atoms with Gasteiger partial charge in [0.25, 0.3) is 11.7 Å². The summed E-state index contributed by atoms with van der Waals surface area (Å²) >= 11 is 3.38. The molecule has 3 aromatic rings. The van der Waals surface area contributed by atoms with E-state index < -0.39 is 17.7 Å². The Labute approximate surface area is 206 Å². The fourth-order valence-electron chi connectivity index (χ4n) is 3.96. The van der Waals surface area contributed by atoms with Crippen molar-refractivity contribution in [1.82, 2.24) is 14.5 Å². The van der Waals surface area contributed by atoms with E-state index in [1.165, 1.54) is 4.90 Å². The van der Waals surface area contributed by atoms with Crippen molar-refractivity contribution in [3.05, 3.63) is 101 Å². The first-order valence-corrected chi connectivity index (χ1v) is 11.6. The van der Waals surface area contributed by atoms with Crippen LogP contribution in [-0.4, -0.2) is 44.4 Å². The number of hydrogen-bond donors (Lipinski definition) is 1. The Morgan fingerprint density at radius 2 is 1.85 bits per heavy atom. The number of aromatic nitrogens is 2. The number of ketones is 1. The number of rotatable bonds is 9. The van der Waals surface area contributed by atoms with Crippen LogP contribution in [0.3, 0.4) is 0 Å². The molecule has 1 atom stereocenters. The van der Waals surface area contributed by atoms with Crippen molar-refractivity contribution in [2.24, 2.45) is 0 Å². The lowest BCUT2D eigenvalue weighted by molar-refractivity contribution is -0.139. The van der Waals surface area contributed by atoms with E-state index in [0.717, 1.165) is 4.47 Å². The van der Waals surface area contributed by atoms with Gasteiger partial charge in [-0.1, -0.05) is 52.9 Å². The minimum atomic E-state index is -0.708. The monoisotopic (exact) mass is 521 g/mol. The molecule has 1 aliphatic rings. The number of carbonyl (C=O) groups is 2. The number of benzene rings is 2. The number of aliphatic hydroxyl groups excluding tert-OH is 1. The van der Waals surface area contributed by atoms with Crippen LogP contribution >= 0.6 is 15.9 Å². The summed E-state index contributed by atoms with van der Waals surface area (Å²) in [7, 11) is 0. The number of amides is 1. The summed E-state index contributed by atoms with van der Waals surface area (Å²) in [5, 5.41) is 11.1. The maximum absolute atomic E-state index is 13.1. The highest BCUT2D eigenvalue weighted by Crippen LogP contribution is 2.40. The molecule has 34 heavy (non-hydrogen) atoms. The van der Waals surface area contributed by atoms with Gasteiger partial charge in [-0.2, -0.15) is 0 Å². The quantitative estimate of drug-likeness (QED) is 0.190. The van der Waals surface area contributed by atoms with Gasteiger partial charge in [0.1, 0.15) is 18.1 Å². The van der Waals surface area contributed by atoms with E-state index in [2.05, 4.69) is 27.5 Å². The van der Waals surface area contributed by atoms with Crippen LogP contribution in [0.2, 0.25) is 0 Å². The van der Waals surface area contributed by atoms with Crippen LogP contribution in [0.5, 0.6) is 5.75 Å². The molecule has 7 nitrogen and oxygen atoms in total. The van der Waals surface area contributed by atoms with E-state index in [1.54, 1.807) is 55.0 Å². The fourth-order valence-corrected chi connectivity index (χ4v) is 4.23. The number of carbonyl (C=O) groups excluding carboxylic acids is 2. The van der Waals surface area contributed by atoms with Gasteiger partial charge in [0.05, 0.1) is 17.9 Å². The molecule has 0 saturated carbocycles. The molecule has 0 bridgehead atoms. The van der Waals surface area contributed by atoms with Crippen LogP contribution in [0.15, 0.2) is 90.0 Å². The molecule has 1 aliphatic heterocycles. The van der Waals surface area contributed by atoms with Crippen LogP contribution in [0, 0.1) is 0 Å². The van der Waals surface area contributed by atoms with Gasteiger partial charge in [-0.05, 0) is 36.2 Å². The average molecular weight is 522 g/mol. The van der Waals surface area contributed by atoms with Crippen LogP contribution < -0.4 is 4.74 Å². The predicted molar refractivity (Wildman–Crippen MR) is 132 cm³/mol. The Hall–Kier alpha value is -3.65. The lowest BCUT2D eigenvalue weighted by Gasteiger charge is -2.25. The zero-order chi connectivity index (χ0) is 24.1. The topological polar surface area (TPSA) is 84.7 Å². The molecule has 2 aromatic carbocycles. The number of nitrogens with zero attached hydrogens (tertiary/aromatic N) is 3. The number of Topliss-reactive ketones (excluding diaryl/α,β-unsaturated/α-hetero) is 1. The minimum absolute atomic E-state index is 0.0784. The van der Waals surface area contributed by atoms with Crippen molar-refractivity contribution in [2.45, 2.75) is 19.0 Å². The first-order valence-electron chi connectivity index (χ1n) is 10.8. The van der Waals surface area contributed by atoms with Gasteiger partial charge < -0.3 is 19.3 Å². The summed E-state index contributed by atoms with van der Waals surface area (Å²) < 4.78 is 8.32. The number of hydrogen-bond acceptors (Lipinski definition) is 5. The third kappa shape index (κ3) is 4.97. The fraction of sp³-hybridized carbons (Fsp3) is 0.192. The van der Waals surface area contributed by atoms with Crippen molar-refractivity contribution < 1.29 is 19.4 Å². The molecule has 8 heteroatoms. The summed E-state index contributed by atoms with van der Waals surface area (Å²) in [5.41, 5.74) is 1.26. The highest BCUT2D eigenvalue weighted by molar-refractivity contribution is 9.10. The van der Waals surface area contributed by atoms with Crippen LogP contribution in [-0.2, 0) is 16.1 Å². The molecule has 1 saturated heterocycles. The van der Waals surface area contributed by atoms with Crippen molar-refractivity contribution in [3.8, 4) is 5.75 Å². The third-order valence-corrected chi connectivity index (χ3v) is 6.12. The molecule has 1 aromatic heterocycles. The Morgan fingerprint density at radius 3 is 2.50 bits per heavy atom. The molecule has 4 rings (SSSR count). The van der Waals surface area contributed by atoms with E-state index in [1.807, 2.05) is 22.9 Å². The molecule has 1 fully saturated rings. The molecular formula is C26H24BrN3O4. The van der Waals surface area contributed by atoms with Gasteiger partial charge >= 0.3 is 0 Å². The number of halogens is 1. The Bertz CT molecular complexity index is 1200. The van der Waals surface area contributed by atoms with E-state index >= 15 is 0 Å². The second-order valence-electron chi connectivity index (χ2n) is 7.82. The molecule has 1 amide bonds.